The first-order chi connectivity index (χ1) is 18.7. The van der Waals surface area contributed by atoms with Gasteiger partial charge in [-0.15, -0.1) is 12.4 Å². The summed E-state index contributed by atoms with van der Waals surface area (Å²) in [7, 11) is -3.81. The van der Waals surface area contributed by atoms with Gasteiger partial charge < -0.3 is 10.2 Å². The number of nitrogens with zero attached hydrogens (tertiary/aromatic N) is 3. The first kappa shape index (κ1) is 29.8. The number of rotatable bonds is 8. The maximum absolute atomic E-state index is 13.0. The number of amides is 1. The Morgan fingerprint density at radius 2 is 1.65 bits per heavy atom. The number of aromatic nitrogens is 1. The van der Waals surface area contributed by atoms with E-state index in [4.69, 9.17) is 4.98 Å². The first-order valence-corrected chi connectivity index (χ1v) is 15.3. The molecule has 3 aromatic carbocycles. The molecule has 11 heteroatoms. The molecule has 1 fully saturated rings. The van der Waals surface area contributed by atoms with Crippen LogP contribution in [0.4, 0.5) is 10.8 Å². The lowest BCUT2D eigenvalue weighted by Crippen LogP contribution is -2.48. The second kappa shape index (κ2) is 12.6. The lowest BCUT2D eigenvalue weighted by Gasteiger charge is -2.34. The van der Waals surface area contributed by atoms with Crippen molar-refractivity contribution in [2.45, 2.75) is 25.7 Å². The minimum Gasteiger partial charge on any atom is -0.351 e. The molecule has 0 aliphatic carbocycles. The van der Waals surface area contributed by atoms with Gasteiger partial charge >= 0.3 is 0 Å². The van der Waals surface area contributed by atoms with E-state index in [0.29, 0.717) is 12.1 Å². The van der Waals surface area contributed by atoms with E-state index >= 15 is 0 Å². The van der Waals surface area contributed by atoms with Gasteiger partial charge in [-0.25, -0.2) is 13.4 Å². The molecule has 1 aromatic heterocycles. The third kappa shape index (κ3) is 6.75. The number of thiazole rings is 1. The van der Waals surface area contributed by atoms with Crippen molar-refractivity contribution in [1.29, 1.82) is 0 Å². The molecule has 4 aromatic rings. The van der Waals surface area contributed by atoms with Gasteiger partial charge in [0.25, 0.3) is 15.9 Å². The molecule has 0 atom stereocenters. The Balaban J connectivity index is 0.00000370. The van der Waals surface area contributed by atoms with Crippen molar-refractivity contribution in [3.05, 3.63) is 82.9 Å². The predicted octanol–water partition coefficient (Wildman–Crippen LogP) is 5.00. The van der Waals surface area contributed by atoms with Crippen LogP contribution in [0, 0.1) is 20.8 Å². The predicted molar refractivity (Wildman–Crippen MR) is 166 cm³/mol. The number of nitrogens with one attached hydrogen (secondary N) is 2. The van der Waals surface area contributed by atoms with E-state index in [1.165, 1.54) is 15.8 Å². The van der Waals surface area contributed by atoms with E-state index in [-0.39, 0.29) is 28.9 Å². The van der Waals surface area contributed by atoms with Gasteiger partial charge in [0.2, 0.25) is 0 Å². The SMILES string of the molecule is Cc1ccc(S(=O)(=O)Nc2ccccc2C(=O)NCCN2CCN(c3nc4c(C)cc(C)cc4s3)CC2)cc1.Cl. The minimum atomic E-state index is -3.81. The molecular formula is C29H34ClN5O3S2. The summed E-state index contributed by atoms with van der Waals surface area (Å²) in [5.74, 6) is -0.309. The Morgan fingerprint density at radius 3 is 2.38 bits per heavy atom. The van der Waals surface area contributed by atoms with Crippen LogP contribution in [0.3, 0.4) is 0 Å². The highest BCUT2D eigenvalue weighted by atomic mass is 35.5. The molecule has 2 heterocycles. The molecule has 8 nitrogen and oxygen atoms in total. The number of para-hydroxylation sites is 1. The number of benzene rings is 3. The molecule has 212 valence electrons. The minimum absolute atomic E-state index is 0. The Kier molecular flexibility index (Phi) is 9.35. The summed E-state index contributed by atoms with van der Waals surface area (Å²) in [5, 5.41) is 4.02. The van der Waals surface area contributed by atoms with E-state index in [2.05, 4.69) is 45.8 Å². The highest BCUT2D eigenvalue weighted by Crippen LogP contribution is 2.32. The van der Waals surface area contributed by atoms with Gasteiger partial charge in [0.1, 0.15) is 0 Å². The number of sulfonamides is 1. The maximum atomic E-state index is 13.0. The van der Waals surface area contributed by atoms with Crippen LogP contribution in [0.2, 0.25) is 0 Å². The normalized spacial score (nSPS) is 14.1. The highest BCUT2D eigenvalue weighted by molar-refractivity contribution is 7.92. The van der Waals surface area contributed by atoms with Gasteiger partial charge in [-0.1, -0.05) is 47.2 Å². The molecule has 0 spiro atoms. The van der Waals surface area contributed by atoms with Crippen LogP contribution in [0.5, 0.6) is 0 Å². The fourth-order valence-corrected chi connectivity index (χ4v) is 7.04. The molecule has 0 bridgehead atoms. The Labute approximate surface area is 245 Å². The molecule has 1 aliphatic heterocycles. The number of halogens is 1. The zero-order valence-electron chi connectivity index (χ0n) is 22.8. The fourth-order valence-electron chi connectivity index (χ4n) is 4.77. The Bertz CT molecular complexity index is 1600. The van der Waals surface area contributed by atoms with Crippen LogP contribution in [-0.2, 0) is 10.0 Å². The Hall–Kier alpha value is -3.18. The van der Waals surface area contributed by atoms with Gasteiger partial charge in [-0.2, -0.15) is 0 Å². The zero-order valence-corrected chi connectivity index (χ0v) is 25.3. The molecule has 0 radical (unpaired) electrons. The molecule has 0 unspecified atom stereocenters. The number of fused-ring (bicyclic) bond motifs is 1. The highest BCUT2D eigenvalue weighted by Gasteiger charge is 2.21. The van der Waals surface area contributed by atoms with Crippen molar-refractivity contribution in [1.82, 2.24) is 15.2 Å². The second-order valence-corrected chi connectivity index (χ2v) is 12.7. The van der Waals surface area contributed by atoms with Crippen LogP contribution in [-0.4, -0.2) is 63.5 Å². The lowest BCUT2D eigenvalue weighted by atomic mass is 10.1. The molecule has 0 saturated carbocycles. The largest absolute Gasteiger partial charge is 0.351 e. The van der Waals surface area contributed by atoms with Crippen molar-refractivity contribution in [2.24, 2.45) is 0 Å². The topological polar surface area (TPSA) is 94.6 Å². The van der Waals surface area contributed by atoms with Crippen LogP contribution in [0.15, 0.2) is 65.6 Å². The van der Waals surface area contributed by atoms with Crippen molar-refractivity contribution in [2.75, 3.05) is 48.9 Å². The molecule has 1 aliphatic rings. The van der Waals surface area contributed by atoms with Crippen molar-refractivity contribution in [3.63, 3.8) is 0 Å². The third-order valence-corrected chi connectivity index (χ3v) is 9.37. The number of piperazine rings is 1. The average molecular weight is 600 g/mol. The number of carbonyl (C=O) groups is 1. The van der Waals surface area contributed by atoms with Gasteiger partial charge in [-0.05, 0) is 62.2 Å². The van der Waals surface area contributed by atoms with Gasteiger partial charge in [-0.3, -0.25) is 14.4 Å². The van der Waals surface area contributed by atoms with E-state index in [1.54, 1.807) is 59.9 Å². The monoisotopic (exact) mass is 599 g/mol. The summed E-state index contributed by atoms with van der Waals surface area (Å²) in [5.41, 5.74) is 5.08. The molecule has 1 saturated heterocycles. The first-order valence-electron chi connectivity index (χ1n) is 13.0. The fraction of sp³-hybridized carbons (Fsp3) is 0.310. The lowest BCUT2D eigenvalue weighted by molar-refractivity contribution is 0.0948. The zero-order chi connectivity index (χ0) is 27.6. The maximum Gasteiger partial charge on any atom is 0.261 e. The molecular weight excluding hydrogens is 566 g/mol. The van der Waals surface area contributed by atoms with Crippen LogP contribution >= 0.6 is 23.7 Å². The smallest absolute Gasteiger partial charge is 0.261 e. The summed E-state index contributed by atoms with van der Waals surface area (Å²) < 4.78 is 29.5. The quantitative estimate of drug-likeness (QED) is 0.296. The number of aryl methyl sites for hydroxylation is 3. The summed E-state index contributed by atoms with van der Waals surface area (Å²) in [4.78, 5) is 22.7. The Morgan fingerprint density at radius 1 is 0.950 bits per heavy atom. The second-order valence-electron chi connectivity index (χ2n) is 9.97. The number of carbonyl (C=O) groups excluding carboxylic acids is 1. The number of hydrogen-bond donors (Lipinski definition) is 2. The summed E-state index contributed by atoms with van der Waals surface area (Å²) in [6.07, 6.45) is 0. The summed E-state index contributed by atoms with van der Waals surface area (Å²) in [6, 6.07) is 17.6. The van der Waals surface area contributed by atoms with Gasteiger partial charge in [0, 0.05) is 39.3 Å². The average Bonchev–Trinajstić information content (AvgIpc) is 3.34. The van der Waals surface area contributed by atoms with Crippen LogP contribution in [0.25, 0.3) is 10.2 Å². The van der Waals surface area contributed by atoms with Crippen molar-refractivity contribution >= 4 is 60.7 Å². The third-order valence-electron chi connectivity index (χ3n) is 6.92. The van der Waals surface area contributed by atoms with Crippen molar-refractivity contribution < 1.29 is 13.2 Å². The van der Waals surface area contributed by atoms with E-state index in [1.807, 2.05) is 6.92 Å². The number of anilines is 2. The van der Waals surface area contributed by atoms with Crippen LogP contribution < -0.4 is 14.9 Å². The standard InChI is InChI=1S/C29H33N5O3S2.ClH/c1-20-8-10-23(11-9-20)39(36,37)32-25-7-5-4-6-24(25)28(35)30-12-13-33-14-16-34(17-15-33)29-31-27-22(3)18-21(2)19-26(27)38-29;/h4-11,18-19,32H,12-17H2,1-3H3,(H,30,35);1H. The van der Waals surface area contributed by atoms with E-state index in [0.717, 1.165) is 48.9 Å². The molecule has 1 amide bonds. The van der Waals surface area contributed by atoms with E-state index < -0.39 is 10.0 Å². The van der Waals surface area contributed by atoms with Crippen LogP contribution in [0.1, 0.15) is 27.0 Å². The van der Waals surface area contributed by atoms with E-state index in [9.17, 15) is 13.2 Å². The van der Waals surface area contributed by atoms with Crippen molar-refractivity contribution in [3.8, 4) is 0 Å². The number of hydrogen-bond acceptors (Lipinski definition) is 7. The molecule has 5 rings (SSSR count). The van der Waals surface area contributed by atoms with Gasteiger partial charge in [0.15, 0.2) is 5.13 Å². The summed E-state index contributed by atoms with van der Waals surface area (Å²) >= 11 is 1.75. The molecule has 40 heavy (non-hydrogen) atoms. The van der Waals surface area contributed by atoms with Gasteiger partial charge in [0.05, 0.1) is 26.4 Å². The molecule has 2 N–H and O–H groups in total. The summed E-state index contributed by atoms with van der Waals surface area (Å²) in [6.45, 7) is 10.9.